The van der Waals surface area contributed by atoms with Crippen LogP contribution in [0.4, 0.5) is 0 Å². The van der Waals surface area contributed by atoms with Crippen molar-refractivity contribution >= 4 is 20.1 Å². The SMILES string of the molecule is CC(=O)O[C@H]1C[C@@H](O[Si](C)(C)C(C)(C)C)CCC1=O. The molecule has 5 heteroatoms. The molecule has 19 heavy (non-hydrogen) atoms. The number of carbonyl (C=O) groups is 2. The molecule has 0 saturated heterocycles. The third-order valence-corrected chi connectivity index (χ3v) is 8.66. The minimum atomic E-state index is -1.84. The van der Waals surface area contributed by atoms with Crippen molar-refractivity contribution in [2.45, 2.75) is 77.3 Å². The minimum Gasteiger partial charge on any atom is -0.454 e. The zero-order valence-corrected chi connectivity index (χ0v) is 13.9. The first kappa shape index (κ1) is 16.4. The van der Waals surface area contributed by atoms with Gasteiger partial charge in [0.2, 0.25) is 0 Å². The van der Waals surface area contributed by atoms with Crippen LogP contribution in [0.3, 0.4) is 0 Å². The van der Waals surface area contributed by atoms with E-state index >= 15 is 0 Å². The average molecular weight is 286 g/mol. The van der Waals surface area contributed by atoms with Crippen molar-refractivity contribution < 1.29 is 18.8 Å². The molecule has 0 amide bonds. The van der Waals surface area contributed by atoms with E-state index in [1.807, 2.05) is 0 Å². The van der Waals surface area contributed by atoms with E-state index in [0.717, 1.165) is 6.42 Å². The van der Waals surface area contributed by atoms with Crippen LogP contribution < -0.4 is 0 Å². The predicted octanol–water partition coefficient (Wildman–Crippen LogP) is 3.06. The monoisotopic (exact) mass is 286 g/mol. The first-order valence-electron chi connectivity index (χ1n) is 6.90. The molecule has 1 rings (SSSR count). The van der Waals surface area contributed by atoms with E-state index in [1.165, 1.54) is 6.92 Å². The van der Waals surface area contributed by atoms with Gasteiger partial charge in [-0.3, -0.25) is 9.59 Å². The Labute approximate surface area is 117 Å². The predicted molar refractivity (Wildman–Crippen MR) is 76.5 cm³/mol. The van der Waals surface area contributed by atoms with Gasteiger partial charge in [-0.1, -0.05) is 20.8 Å². The van der Waals surface area contributed by atoms with Gasteiger partial charge < -0.3 is 9.16 Å². The number of Topliss-reactive ketones (excluding diaryl/α,β-unsaturated/α-hetero) is 1. The van der Waals surface area contributed by atoms with Crippen LogP contribution in [0.2, 0.25) is 18.1 Å². The molecular formula is C14H26O4Si. The molecule has 2 atom stereocenters. The molecule has 0 unspecified atom stereocenters. The number of hydrogen-bond acceptors (Lipinski definition) is 4. The number of ether oxygens (including phenoxy) is 1. The number of esters is 1. The van der Waals surface area contributed by atoms with Crippen LogP contribution in [0.1, 0.15) is 47.0 Å². The largest absolute Gasteiger partial charge is 0.454 e. The maximum absolute atomic E-state index is 11.7. The lowest BCUT2D eigenvalue weighted by molar-refractivity contribution is -0.156. The maximum atomic E-state index is 11.7. The van der Waals surface area contributed by atoms with Gasteiger partial charge >= 0.3 is 5.97 Å². The van der Waals surface area contributed by atoms with Crippen LogP contribution in [-0.2, 0) is 18.8 Å². The van der Waals surface area contributed by atoms with Crippen LogP contribution in [0.5, 0.6) is 0 Å². The molecular weight excluding hydrogens is 260 g/mol. The molecule has 0 aromatic heterocycles. The number of rotatable bonds is 3. The van der Waals surface area contributed by atoms with Gasteiger partial charge in [0.15, 0.2) is 20.2 Å². The molecule has 4 nitrogen and oxygen atoms in total. The first-order chi connectivity index (χ1) is 8.53. The van der Waals surface area contributed by atoms with Crippen LogP contribution in [-0.4, -0.2) is 32.3 Å². The summed E-state index contributed by atoms with van der Waals surface area (Å²) in [5.41, 5.74) is 0. The Kier molecular flexibility index (Phi) is 4.95. The van der Waals surface area contributed by atoms with E-state index in [4.69, 9.17) is 9.16 Å². The van der Waals surface area contributed by atoms with Crippen molar-refractivity contribution in [2.24, 2.45) is 0 Å². The van der Waals surface area contributed by atoms with Crippen LogP contribution >= 0.6 is 0 Å². The highest BCUT2D eigenvalue weighted by Crippen LogP contribution is 2.39. The minimum absolute atomic E-state index is 0.0188. The van der Waals surface area contributed by atoms with Gasteiger partial charge in [0.1, 0.15) is 0 Å². The van der Waals surface area contributed by atoms with Crippen LogP contribution in [0.15, 0.2) is 0 Å². The summed E-state index contributed by atoms with van der Waals surface area (Å²) in [6, 6.07) is 0. The Hall–Kier alpha value is -0.683. The zero-order chi connectivity index (χ0) is 14.8. The highest BCUT2D eigenvalue weighted by Gasteiger charge is 2.41. The summed E-state index contributed by atoms with van der Waals surface area (Å²) in [4.78, 5) is 22.7. The molecule has 1 aliphatic rings. The van der Waals surface area contributed by atoms with Crippen molar-refractivity contribution in [3.63, 3.8) is 0 Å². The molecule has 0 bridgehead atoms. The molecule has 0 aromatic rings. The van der Waals surface area contributed by atoms with Crippen molar-refractivity contribution in [2.75, 3.05) is 0 Å². The van der Waals surface area contributed by atoms with Crippen molar-refractivity contribution in [3.05, 3.63) is 0 Å². The lowest BCUT2D eigenvalue weighted by Gasteiger charge is -2.41. The Morgan fingerprint density at radius 1 is 1.32 bits per heavy atom. The summed E-state index contributed by atoms with van der Waals surface area (Å²) in [5, 5.41) is 0.144. The fourth-order valence-corrected chi connectivity index (χ4v) is 3.37. The molecule has 1 fully saturated rings. The van der Waals surface area contributed by atoms with E-state index in [9.17, 15) is 9.59 Å². The van der Waals surface area contributed by atoms with Crippen molar-refractivity contribution in [1.82, 2.24) is 0 Å². The first-order valence-corrected chi connectivity index (χ1v) is 9.81. The smallest absolute Gasteiger partial charge is 0.303 e. The van der Waals surface area contributed by atoms with Gasteiger partial charge in [-0.25, -0.2) is 0 Å². The van der Waals surface area contributed by atoms with Crippen LogP contribution in [0.25, 0.3) is 0 Å². The van der Waals surface area contributed by atoms with E-state index in [2.05, 4.69) is 33.9 Å². The topological polar surface area (TPSA) is 52.6 Å². The molecule has 110 valence electrons. The van der Waals surface area contributed by atoms with Gasteiger partial charge in [0.25, 0.3) is 0 Å². The van der Waals surface area contributed by atoms with E-state index < -0.39 is 20.4 Å². The maximum Gasteiger partial charge on any atom is 0.303 e. The highest BCUT2D eigenvalue weighted by atomic mass is 28.4. The fraction of sp³-hybridized carbons (Fsp3) is 0.857. The van der Waals surface area contributed by atoms with Gasteiger partial charge in [-0.15, -0.1) is 0 Å². The standard InChI is InChI=1S/C14H26O4Si/c1-10(15)17-13-9-11(7-8-12(13)16)18-19(5,6)14(2,3)4/h11,13H,7-9H2,1-6H3/t11-,13-/m0/s1. The molecule has 1 aliphatic carbocycles. The quantitative estimate of drug-likeness (QED) is 0.591. The highest BCUT2D eigenvalue weighted by molar-refractivity contribution is 6.74. The molecule has 0 spiro atoms. The Morgan fingerprint density at radius 3 is 2.37 bits per heavy atom. The average Bonchev–Trinajstić information content (AvgIpc) is 2.20. The van der Waals surface area contributed by atoms with E-state index in [1.54, 1.807) is 0 Å². The molecule has 0 radical (unpaired) electrons. The Balaban J connectivity index is 2.66. The van der Waals surface area contributed by atoms with Gasteiger partial charge in [-0.05, 0) is 24.6 Å². The summed E-state index contributed by atoms with van der Waals surface area (Å²) in [7, 11) is -1.84. The second-order valence-corrected chi connectivity index (χ2v) is 11.6. The van der Waals surface area contributed by atoms with Gasteiger partial charge in [0.05, 0.1) is 0 Å². The summed E-state index contributed by atoms with van der Waals surface area (Å²) < 4.78 is 11.4. The molecule has 0 aromatic carbocycles. The normalized spacial score (nSPS) is 25.3. The number of carbonyl (C=O) groups excluding carboxylic acids is 2. The molecule has 0 heterocycles. The number of hydrogen-bond donors (Lipinski definition) is 0. The van der Waals surface area contributed by atoms with Crippen molar-refractivity contribution in [1.29, 1.82) is 0 Å². The molecule has 0 aliphatic heterocycles. The third-order valence-electron chi connectivity index (χ3n) is 4.12. The Morgan fingerprint density at radius 2 is 1.89 bits per heavy atom. The zero-order valence-electron chi connectivity index (χ0n) is 12.9. The van der Waals surface area contributed by atoms with E-state index in [0.29, 0.717) is 12.8 Å². The third kappa shape index (κ3) is 4.42. The summed E-state index contributed by atoms with van der Waals surface area (Å²) in [5.74, 6) is -0.378. The second-order valence-electron chi connectivity index (χ2n) is 6.84. The van der Waals surface area contributed by atoms with Crippen LogP contribution in [0, 0.1) is 0 Å². The molecule has 1 saturated carbocycles. The fourth-order valence-electron chi connectivity index (χ4n) is 1.97. The number of ketones is 1. The van der Waals surface area contributed by atoms with Crippen molar-refractivity contribution in [3.8, 4) is 0 Å². The molecule has 0 N–H and O–H groups in total. The summed E-state index contributed by atoms with van der Waals surface area (Å²) in [6.07, 6.45) is 1.11. The Bertz CT molecular complexity index is 357. The lowest BCUT2D eigenvalue weighted by atomic mass is 9.94. The summed E-state index contributed by atoms with van der Waals surface area (Å²) >= 11 is 0. The lowest BCUT2D eigenvalue weighted by Crippen LogP contribution is -2.47. The van der Waals surface area contributed by atoms with Gasteiger partial charge in [-0.2, -0.15) is 0 Å². The summed E-state index contributed by atoms with van der Waals surface area (Å²) in [6.45, 7) is 12.3. The second kappa shape index (κ2) is 5.75. The van der Waals surface area contributed by atoms with Gasteiger partial charge in [0, 0.05) is 25.9 Å². The van der Waals surface area contributed by atoms with E-state index in [-0.39, 0.29) is 16.9 Å².